The molecule has 18 heavy (non-hydrogen) atoms. The zero-order valence-corrected chi connectivity index (χ0v) is 10.6. The minimum Gasteiger partial charge on any atom is -0.477 e. The number of thioether (sulfide) groups is 1. The maximum absolute atomic E-state index is 10.8. The fourth-order valence-corrected chi connectivity index (χ4v) is 2.06. The number of rotatable bonds is 4. The van der Waals surface area contributed by atoms with Crippen molar-refractivity contribution in [3.63, 3.8) is 0 Å². The van der Waals surface area contributed by atoms with E-state index in [9.17, 15) is 4.79 Å². The zero-order chi connectivity index (χ0) is 13.0. The number of aromatic nitrogens is 1. The van der Waals surface area contributed by atoms with Gasteiger partial charge in [-0.25, -0.2) is 9.78 Å². The molecule has 2 rings (SSSR count). The summed E-state index contributed by atoms with van der Waals surface area (Å²) in [5.74, 6) is -0.506. The Morgan fingerprint density at radius 1 is 1.22 bits per heavy atom. The molecule has 0 aliphatic rings. The van der Waals surface area contributed by atoms with E-state index in [-0.39, 0.29) is 5.69 Å². The molecule has 0 spiro atoms. The molecule has 0 aliphatic heterocycles. The Hall–Kier alpha value is -2.01. The van der Waals surface area contributed by atoms with E-state index in [1.807, 2.05) is 30.5 Å². The van der Waals surface area contributed by atoms with Gasteiger partial charge in [0, 0.05) is 4.90 Å². The molecule has 0 unspecified atom stereocenters. The third kappa shape index (κ3) is 2.81. The van der Waals surface area contributed by atoms with Crippen LogP contribution in [0, 0.1) is 0 Å². The molecule has 92 valence electrons. The Labute approximate surface area is 109 Å². The number of hydrogen-bond donors (Lipinski definition) is 2. The summed E-state index contributed by atoms with van der Waals surface area (Å²) in [5, 5.41) is 12.0. The smallest absolute Gasteiger partial charge is 0.354 e. The number of aromatic carboxylic acids is 1. The summed E-state index contributed by atoms with van der Waals surface area (Å²) >= 11 is 1.62. The van der Waals surface area contributed by atoms with E-state index in [2.05, 4.69) is 10.3 Å². The first-order valence-electron chi connectivity index (χ1n) is 5.31. The van der Waals surface area contributed by atoms with Crippen LogP contribution in [0.15, 0.2) is 47.4 Å². The van der Waals surface area contributed by atoms with Crippen LogP contribution in [0.25, 0.3) is 0 Å². The highest BCUT2D eigenvalue weighted by Crippen LogP contribution is 2.26. The molecular weight excluding hydrogens is 248 g/mol. The third-order valence-electron chi connectivity index (χ3n) is 2.34. The van der Waals surface area contributed by atoms with Gasteiger partial charge >= 0.3 is 5.97 Å². The molecular formula is C13H12N2O2S. The van der Waals surface area contributed by atoms with Crippen LogP contribution >= 0.6 is 11.8 Å². The summed E-state index contributed by atoms with van der Waals surface area (Å²) in [4.78, 5) is 15.9. The Morgan fingerprint density at radius 2 is 2.00 bits per heavy atom. The van der Waals surface area contributed by atoms with Gasteiger partial charge in [0.1, 0.15) is 5.82 Å². The Bertz CT molecular complexity index is 572. The summed E-state index contributed by atoms with van der Waals surface area (Å²) in [7, 11) is 0. The first-order chi connectivity index (χ1) is 8.70. The van der Waals surface area contributed by atoms with E-state index < -0.39 is 5.97 Å². The van der Waals surface area contributed by atoms with Gasteiger partial charge in [-0.3, -0.25) is 0 Å². The summed E-state index contributed by atoms with van der Waals surface area (Å²) in [6.45, 7) is 0. The largest absolute Gasteiger partial charge is 0.477 e. The summed E-state index contributed by atoms with van der Waals surface area (Å²) in [5.41, 5.74) is 0.946. The zero-order valence-electron chi connectivity index (χ0n) is 9.75. The molecule has 1 aromatic heterocycles. The van der Waals surface area contributed by atoms with Crippen LogP contribution in [0.4, 0.5) is 11.5 Å². The van der Waals surface area contributed by atoms with E-state index >= 15 is 0 Å². The lowest BCUT2D eigenvalue weighted by atomic mass is 10.3. The van der Waals surface area contributed by atoms with E-state index in [0.717, 1.165) is 10.6 Å². The van der Waals surface area contributed by atoms with Gasteiger partial charge < -0.3 is 10.4 Å². The van der Waals surface area contributed by atoms with Crippen molar-refractivity contribution in [2.45, 2.75) is 4.90 Å². The molecule has 0 bridgehead atoms. The molecule has 1 aromatic carbocycles. The average molecular weight is 260 g/mol. The highest BCUT2D eigenvalue weighted by Gasteiger charge is 2.06. The first kappa shape index (κ1) is 12.4. The number of para-hydroxylation sites is 1. The monoisotopic (exact) mass is 260 g/mol. The molecule has 5 heteroatoms. The van der Waals surface area contributed by atoms with Gasteiger partial charge in [0.05, 0.1) is 5.69 Å². The fourth-order valence-electron chi connectivity index (χ4n) is 1.51. The summed E-state index contributed by atoms with van der Waals surface area (Å²) in [6, 6.07) is 12.7. The number of carboxylic acids is 1. The highest BCUT2D eigenvalue weighted by molar-refractivity contribution is 7.98. The lowest BCUT2D eigenvalue weighted by Crippen LogP contribution is -2.02. The van der Waals surface area contributed by atoms with Gasteiger partial charge in [0.25, 0.3) is 0 Å². The topological polar surface area (TPSA) is 62.2 Å². The molecule has 2 aromatic rings. The number of nitrogens with one attached hydrogen (secondary N) is 1. The van der Waals surface area contributed by atoms with Gasteiger partial charge in [-0.15, -0.1) is 11.8 Å². The van der Waals surface area contributed by atoms with Crippen LogP contribution in [-0.4, -0.2) is 22.3 Å². The second-order valence-electron chi connectivity index (χ2n) is 3.54. The number of anilines is 2. The average Bonchev–Trinajstić information content (AvgIpc) is 2.39. The predicted molar refractivity (Wildman–Crippen MR) is 72.7 cm³/mol. The van der Waals surface area contributed by atoms with Crippen LogP contribution < -0.4 is 5.32 Å². The first-order valence-corrected chi connectivity index (χ1v) is 6.53. The quantitative estimate of drug-likeness (QED) is 0.826. The van der Waals surface area contributed by atoms with Crippen molar-refractivity contribution >= 4 is 29.2 Å². The molecule has 0 saturated heterocycles. The predicted octanol–water partition coefficient (Wildman–Crippen LogP) is 3.25. The molecule has 1 heterocycles. The van der Waals surface area contributed by atoms with Gasteiger partial charge in [-0.05, 0) is 30.5 Å². The van der Waals surface area contributed by atoms with E-state index in [0.29, 0.717) is 5.82 Å². The van der Waals surface area contributed by atoms with Crippen LogP contribution in [-0.2, 0) is 0 Å². The maximum Gasteiger partial charge on any atom is 0.354 e. The fraction of sp³-hybridized carbons (Fsp3) is 0.0769. The Morgan fingerprint density at radius 3 is 2.72 bits per heavy atom. The number of pyridine rings is 1. The molecule has 0 radical (unpaired) electrons. The van der Waals surface area contributed by atoms with Crippen LogP contribution in [0.5, 0.6) is 0 Å². The standard InChI is InChI=1S/C13H12N2O2S/c1-18-11-7-3-2-5-9(11)14-12-8-4-6-10(15-12)13(16)17/h2-8H,1H3,(H,14,15)(H,16,17). The molecule has 4 nitrogen and oxygen atoms in total. The number of benzene rings is 1. The van der Waals surface area contributed by atoms with Crippen molar-refractivity contribution in [2.75, 3.05) is 11.6 Å². The minimum atomic E-state index is -1.03. The molecule has 0 atom stereocenters. The SMILES string of the molecule is CSc1ccccc1Nc1cccc(C(=O)O)n1. The van der Waals surface area contributed by atoms with Gasteiger partial charge in [0.2, 0.25) is 0 Å². The van der Waals surface area contributed by atoms with Crippen molar-refractivity contribution in [3.05, 3.63) is 48.2 Å². The lowest BCUT2D eigenvalue weighted by molar-refractivity contribution is 0.0690. The van der Waals surface area contributed by atoms with Crippen LogP contribution in [0.2, 0.25) is 0 Å². The van der Waals surface area contributed by atoms with E-state index in [4.69, 9.17) is 5.11 Å². The van der Waals surface area contributed by atoms with E-state index in [1.165, 1.54) is 6.07 Å². The lowest BCUT2D eigenvalue weighted by Gasteiger charge is -2.09. The van der Waals surface area contributed by atoms with Crippen molar-refractivity contribution in [2.24, 2.45) is 0 Å². The van der Waals surface area contributed by atoms with Crippen molar-refractivity contribution < 1.29 is 9.90 Å². The second kappa shape index (κ2) is 5.55. The van der Waals surface area contributed by atoms with Gasteiger partial charge in [0.15, 0.2) is 5.69 Å². The molecule has 0 fully saturated rings. The Kier molecular flexibility index (Phi) is 3.84. The highest BCUT2D eigenvalue weighted by atomic mass is 32.2. The summed E-state index contributed by atoms with van der Waals surface area (Å²) < 4.78 is 0. The number of carbonyl (C=O) groups is 1. The molecule has 0 saturated carbocycles. The molecule has 0 amide bonds. The van der Waals surface area contributed by atoms with Gasteiger partial charge in [-0.1, -0.05) is 18.2 Å². The Balaban J connectivity index is 2.28. The van der Waals surface area contributed by atoms with Crippen molar-refractivity contribution in [3.8, 4) is 0 Å². The van der Waals surface area contributed by atoms with Crippen LogP contribution in [0.1, 0.15) is 10.5 Å². The van der Waals surface area contributed by atoms with Crippen molar-refractivity contribution in [1.29, 1.82) is 0 Å². The minimum absolute atomic E-state index is 0.0293. The maximum atomic E-state index is 10.8. The summed E-state index contributed by atoms with van der Waals surface area (Å²) in [6.07, 6.45) is 1.99. The number of hydrogen-bond acceptors (Lipinski definition) is 4. The molecule has 2 N–H and O–H groups in total. The normalized spacial score (nSPS) is 10.1. The molecule has 0 aliphatic carbocycles. The second-order valence-corrected chi connectivity index (χ2v) is 4.39. The van der Waals surface area contributed by atoms with Crippen LogP contribution in [0.3, 0.4) is 0 Å². The van der Waals surface area contributed by atoms with Gasteiger partial charge in [-0.2, -0.15) is 0 Å². The van der Waals surface area contributed by atoms with E-state index in [1.54, 1.807) is 23.9 Å². The third-order valence-corrected chi connectivity index (χ3v) is 3.13. The number of nitrogens with zero attached hydrogens (tertiary/aromatic N) is 1. The number of carboxylic acid groups (broad SMARTS) is 1. The van der Waals surface area contributed by atoms with Crippen molar-refractivity contribution in [1.82, 2.24) is 4.98 Å².